The van der Waals surface area contributed by atoms with E-state index < -0.39 is 0 Å². The summed E-state index contributed by atoms with van der Waals surface area (Å²) < 4.78 is 1.14. The molecule has 4 nitrogen and oxygen atoms in total. The monoisotopic (exact) mass is 117 g/mol. The highest BCUT2D eigenvalue weighted by Crippen LogP contribution is 1.74. The van der Waals surface area contributed by atoms with E-state index in [4.69, 9.17) is 0 Å². The molecule has 1 unspecified atom stereocenters. The zero-order chi connectivity index (χ0) is 5.28. The zero-order valence-corrected chi connectivity index (χ0v) is 4.61. The standard InChI is InChI=1S/C2H4N3OP/c6-2-3-1-4-5(2)7/h1H,7H2,(H,3,4,6). The molecule has 0 aliphatic heterocycles. The summed E-state index contributed by atoms with van der Waals surface area (Å²) in [6, 6.07) is 0. The third kappa shape index (κ3) is 0.695. The lowest BCUT2D eigenvalue weighted by Crippen LogP contribution is -2.07. The van der Waals surface area contributed by atoms with Gasteiger partial charge in [0, 0.05) is 0 Å². The van der Waals surface area contributed by atoms with E-state index in [1.54, 1.807) is 0 Å². The van der Waals surface area contributed by atoms with Gasteiger partial charge in [-0.05, 0) is 9.39 Å². The normalized spacial score (nSPS) is 9.29. The molecule has 0 amide bonds. The van der Waals surface area contributed by atoms with Gasteiger partial charge in [-0.1, -0.05) is 0 Å². The average Bonchev–Trinajstić information content (AvgIpc) is 1.91. The molecule has 0 aliphatic carbocycles. The van der Waals surface area contributed by atoms with Gasteiger partial charge in [0.25, 0.3) is 0 Å². The average molecular weight is 117 g/mol. The van der Waals surface area contributed by atoms with Crippen LogP contribution in [0.4, 0.5) is 0 Å². The molecule has 0 bridgehead atoms. The van der Waals surface area contributed by atoms with Gasteiger partial charge in [-0.3, -0.25) is 4.98 Å². The number of aromatic nitrogens is 3. The molecule has 0 saturated carbocycles. The number of aromatic amines is 1. The van der Waals surface area contributed by atoms with Gasteiger partial charge in [0.1, 0.15) is 6.33 Å². The van der Waals surface area contributed by atoms with Crippen molar-refractivity contribution >= 4 is 9.39 Å². The molecule has 0 spiro atoms. The molecule has 38 valence electrons. The van der Waals surface area contributed by atoms with Crippen molar-refractivity contribution in [2.45, 2.75) is 0 Å². The van der Waals surface area contributed by atoms with Gasteiger partial charge in [0.2, 0.25) is 0 Å². The first-order chi connectivity index (χ1) is 3.30. The van der Waals surface area contributed by atoms with Crippen molar-refractivity contribution in [2.75, 3.05) is 0 Å². The maximum atomic E-state index is 10.2. The van der Waals surface area contributed by atoms with Crippen LogP contribution in [0.1, 0.15) is 0 Å². The lowest BCUT2D eigenvalue weighted by Gasteiger charge is -1.74. The molecule has 0 aliphatic rings. The summed E-state index contributed by atoms with van der Waals surface area (Å²) in [4.78, 5) is 12.6. The molecule has 1 rings (SSSR count). The summed E-state index contributed by atoms with van der Waals surface area (Å²) >= 11 is 0. The van der Waals surface area contributed by atoms with Crippen LogP contribution in [0.2, 0.25) is 0 Å². The van der Waals surface area contributed by atoms with Crippen LogP contribution in [0.5, 0.6) is 0 Å². The van der Waals surface area contributed by atoms with Crippen LogP contribution < -0.4 is 5.69 Å². The Morgan fingerprint density at radius 3 is 2.86 bits per heavy atom. The van der Waals surface area contributed by atoms with Gasteiger partial charge >= 0.3 is 5.69 Å². The third-order valence-electron chi connectivity index (χ3n) is 0.578. The first kappa shape index (κ1) is 4.53. The molecule has 0 saturated heterocycles. The van der Waals surface area contributed by atoms with Crippen LogP contribution >= 0.6 is 9.39 Å². The Hall–Kier alpha value is -0.630. The quantitative estimate of drug-likeness (QED) is 0.452. The Balaban J connectivity index is 3.39. The highest BCUT2D eigenvalue weighted by molar-refractivity contribution is 7.14. The Labute approximate surface area is 41.8 Å². The second kappa shape index (κ2) is 1.46. The first-order valence-corrected chi connectivity index (χ1v) is 2.20. The predicted molar refractivity (Wildman–Crippen MR) is 28.0 cm³/mol. The summed E-state index contributed by atoms with van der Waals surface area (Å²) in [5.41, 5.74) is -0.218. The molecule has 1 aromatic rings. The van der Waals surface area contributed by atoms with Gasteiger partial charge in [0.05, 0.1) is 0 Å². The van der Waals surface area contributed by atoms with Gasteiger partial charge in [0.15, 0.2) is 0 Å². The van der Waals surface area contributed by atoms with E-state index in [1.807, 2.05) is 0 Å². The fraction of sp³-hybridized carbons (Fsp3) is 0. The highest BCUT2D eigenvalue weighted by atomic mass is 31.0. The minimum absolute atomic E-state index is 0.218. The van der Waals surface area contributed by atoms with E-state index in [0.717, 1.165) is 4.45 Å². The van der Waals surface area contributed by atoms with Crippen molar-refractivity contribution in [3.8, 4) is 0 Å². The maximum absolute atomic E-state index is 10.2. The fourth-order valence-corrected chi connectivity index (χ4v) is 0.406. The van der Waals surface area contributed by atoms with Crippen LogP contribution in [0.25, 0.3) is 0 Å². The van der Waals surface area contributed by atoms with Gasteiger partial charge in [-0.15, -0.1) is 0 Å². The summed E-state index contributed by atoms with van der Waals surface area (Å²) in [6.07, 6.45) is 1.33. The van der Waals surface area contributed by atoms with Crippen molar-refractivity contribution in [3.63, 3.8) is 0 Å². The number of nitrogens with one attached hydrogen (secondary N) is 1. The zero-order valence-electron chi connectivity index (χ0n) is 3.46. The molecule has 1 atom stereocenters. The summed E-state index contributed by atoms with van der Waals surface area (Å²) in [6.45, 7) is 0. The molecule has 7 heavy (non-hydrogen) atoms. The fourth-order valence-electron chi connectivity index (χ4n) is 0.265. The molecule has 1 aromatic heterocycles. The molecule has 0 fully saturated rings. The van der Waals surface area contributed by atoms with Gasteiger partial charge in [-0.25, -0.2) is 4.79 Å². The van der Waals surface area contributed by atoms with E-state index in [-0.39, 0.29) is 5.69 Å². The second-order valence-corrected chi connectivity index (χ2v) is 1.53. The van der Waals surface area contributed by atoms with Crippen molar-refractivity contribution < 1.29 is 0 Å². The van der Waals surface area contributed by atoms with Crippen LogP contribution in [-0.2, 0) is 0 Å². The van der Waals surface area contributed by atoms with Gasteiger partial charge in [-0.2, -0.15) is 9.55 Å². The summed E-state index contributed by atoms with van der Waals surface area (Å²) in [5, 5.41) is 3.53. The van der Waals surface area contributed by atoms with E-state index in [9.17, 15) is 4.79 Å². The summed E-state index contributed by atoms with van der Waals surface area (Å²) in [7, 11) is 2.14. The predicted octanol–water partition coefficient (Wildman–Crippen LogP) is -0.790. The SMILES string of the molecule is O=c1[nH]cnn1P. The molecular formula is C2H4N3OP. The van der Waals surface area contributed by atoms with E-state index >= 15 is 0 Å². The number of nitrogens with zero attached hydrogens (tertiary/aromatic N) is 2. The van der Waals surface area contributed by atoms with Crippen LogP contribution in [0, 0.1) is 0 Å². The smallest absolute Gasteiger partial charge is 0.295 e. The van der Waals surface area contributed by atoms with Crippen LogP contribution in [-0.4, -0.2) is 14.5 Å². The Bertz CT molecular complexity index is 201. The minimum Gasteiger partial charge on any atom is -0.295 e. The largest absolute Gasteiger partial charge is 0.345 e. The topological polar surface area (TPSA) is 50.7 Å². The molecule has 1 N–H and O–H groups in total. The molecule has 5 heteroatoms. The highest BCUT2D eigenvalue weighted by Gasteiger charge is 1.82. The van der Waals surface area contributed by atoms with E-state index in [0.29, 0.717) is 0 Å². The molecule has 0 aromatic carbocycles. The number of hydrogen-bond donors (Lipinski definition) is 1. The third-order valence-corrected chi connectivity index (χ3v) is 0.946. The number of rotatable bonds is 0. The van der Waals surface area contributed by atoms with Crippen molar-refractivity contribution in [3.05, 3.63) is 16.8 Å². The van der Waals surface area contributed by atoms with Crippen molar-refractivity contribution in [1.29, 1.82) is 0 Å². The van der Waals surface area contributed by atoms with Crippen molar-refractivity contribution in [1.82, 2.24) is 14.5 Å². The van der Waals surface area contributed by atoms with Gasteiger partial charge < -0.3 is 0 Å². The first-order valence-electron chi connectivity index (χ1n) is 1.68. The van der Waals surface area contributed by atoms with Crippen LogP contribution in [0.15, 0.2) is 11.1 Å². The van der Waals surface area contributed by atoms with Crippen molar-refractivity contribution in [2.24, 2.45) is 0 Å². The maximum Gasteiger partial charge on any atom is 0.345 e. The number of hydrogen-bond acceptors (Lipinski definition) is 2. The number of H-pyrrole nitrogens is 1. The lowest BCUT2D eigenvalue weighted by molar-refractivity contribution is 0.970. The van der Waals surface area contributed by atoms with E-state index in [2.05, 4.69) is 19.5 Å². The molecule has 1 heterocycles. The summed E-state index contributed by atoms with van der Waals surface area (Å²) in [5.74, 6) is 0. The Morgan fingerprint density at radius 2 is 2.71 bits per heavy atom. The molecular weight excluding hydrogens is 113 g/mol. The Morgan fingerprint density at radius 1 is 2.00 bits per heavy atom. The van der Waals surface area contributed by atoms with Crippen LogP contribution in [0.3, 0.4) is 0 Å². The lowest BCUT2D eigenvalue weighted by atomic mass is 11.3. The molecule has 0 radical (unpaired) electrons. The Kier molecular flexibility index (Phi) is 0.947. The van der Waals surface area contributed by atoms with E-state index in [1.165, 1.54) is 6.33 Å². The minimum atomic E-state index is -0.218. The second-order valence-electron chi connectivity index (χ2n) is 1.04.